The predicted molar refractivity (Wildman–Crippen MR) is 163 cm³/mol. The summed E-state index contributed by atoms with van der Waals surface area (Å²) in [5.74, 6) is 0. The van der Waals surface area contributed by atoms with Crippen LogP contribution in [0.4, 0.5) is 0 Å². The maximum Gasteiger partial charge on any atom is 0.147 e. The van der Waals surface area contributed by atoms with Gasteiger partial charge < -0.3 is 14.4 Å². The van der Waals surface area contributed by atoms with Gasteiger partial charge in [0.25, 0.3) is 0 Å². The molecule has 0 N–H and O–H groups in total. The molecular formula is C36H29IrN3O-2. The van der Waals surface area contributed by atoms with Crippen molar-refractivity contribution in [3.8, 4) is 22.5 Å². The molecule has 0 aliphatic heterocycles. The summed E-state index contributed by atoms with van der Waals surface area (Å²) in [6, 6.07) is 31.1. The number of hydrogen-bond acceptors (Lipinski definition) is 4. The van der Waals surface area contributed by atoms with E-state index in [2.05, 4.69) is 85.3 Å². The van der Waals surface area contributed by atoms with Crippen LogP contribution in [-0.4, -0.2) is 15.0 Å². The third-order valence-corrected chi connectivity index (χ3v) is 7.18. The first-order valence-electron chi connectivity index (χ1n) is 13.4. The molecule has 4 aromatic heterocycles. The average molecular weight is 712 g/mol. The fourth-order valence-electron chi connectivity index (χ4n) is 4.72. The molecule has 0 atom stereocenters. The van der Waals surface area contributed by atoms with Crippen LogP contribution in [0, 0.1) is 46.8 Å². The van der Waals surface area contributed by atoms with Crippen LogP contribution in [0.25, 0.3) is 55.4 Å². The first-order valence-corrected chi connectivity index (χ1v) is 13.4. The number of hydrogen-bond donors (Lipinski definition) is 0. The van der Waals surface area contributed by atoms with Gasteiger partial charge in [0, 0.05) is 49.0 Å². The van der Waals surface area contributed by atoms with Gasteiger partial charge in [-0.2, -0.15) is 0 Å². The number of nitrogens with zero attached hydrogens (tertiary/aromatic N) is 3. The Kier molecular flexibility index (Phi) is 8.12. The van der Waals surface area contributed by atoms with E-state index in [9.17, 15) is 0 Å². The number of benzene rings is 3. The van der Waals surface area contributed by atoms with Crippen LogP contribution in [-0.2, 0) is 20.1 Å². The van der Waals surface area contributed by atoms with Crippen molar-refractivity contribution in [2.45, 2.75) is 34.6 Å². The standard InChI is InChI=1S/C22H15N2O.C14H14N.Ir/c1-13-6-11-19(23-12-13)18-5-3-4-16-17-10-9-15-8-7-14(2)24-20(15)22(17)25-21(16)18;1-10-4-6-13(7-5-10)14-8-11(2)12(3)9-15-14;/h3-4,6-12H,1-2H3;4-6,8-9H,1-3H3;/q2*-1;. The quantitative estimate of drug-likeness (QED) is 0.168. The molecule has 0 amide bonds. The maximum atomic E-state index is 6.30. The zero-order valence-corrected chi connectivity index (χ0v) is 26.1. The predicted octanol–water partition coefficient (Wildman–Crippen LogP) is 9.08. The number of rotatable bonds is 2. The van der Waals surface area contributed by atoms with E-state index in [1.54, 1.807) is 0 Å². The molecule has 1 radical (unpaired) electrons. The fourth-order valence-corrected chi connectivity index (χ4v) is 4.72. The van der Waals surface area contributed by atoms with Crippen LogP contribution < -0.4 is 0 Å². The SMILES string of the molecule is Cc1c[c-]c(-c2cc(C)c(C)cn2)cc1.Cc1ccc(-c2[c-]ccc3c2oc2c3ccc3ccc(C)nc32)nc1.[Ir]. The van der Waals surface area contributed by atoms with E-state index in [0.29, 0.717) is 0 Å². The van der Waals surface area contributed by atoms with Crippen molar-refractivity contribution in [3.05, 3.63) is 125 Å². The van der Waals surface area contributed by atoms with Gasteiger partial charge in [-0.1, -0.05) is 59.8 Å². The second-order valence-electron chi connectivity index (χ2n) is 10.3. The molecule has 4 nitrogen and oxygen atoms in total. The van der Waals surface area contributed by atoms with Crippen LogP contribution in [0.15, 0.2) is 89.6 Å². The summed E-state index contributed by atoms with van der Waals surface area (Å²) >= 11 is 0. The summed E-state index contributed by atoms with van der Waals surface area (Å²) in [4.78, 5) is 13.6. The van der Waals surface area contributed by atoms with Crippen molar-refractivity contribution in [1.29, 1.82) is 0 Å². The molecule has 0 bridgehead atoms. The van der Waals surface area contributed by atoms with Gasteiger partial charge in [-0.05, 0) is 56.3 Å². The monoisotopic (exact) mass is 712 g/mol. The Labute approximate surface area is 253 Å². The van der Waals surface area contributed by atoms with Crippen LogP contribution >= 0.6 is 0 Å². The zero-order valence-electron chi connectivity index (χ0n) is 23.7. The minimum absolute atomic E-state index is 0. The Bertz CT molecular complexity index is 1990. The molecule has 0 aliphatic rings. The maximum absolute atomic E-state index is 6.30. The van der Waals surface area contributed by atoms with Gasteiger partial charge in [-0.3, -0.25) is 0 Å². The summed E-state index contributed by atoms with van der Waals surface area (Å²) in [6.07, 6.45) is 3.78. The molecule has 7 rings (SSSR count). The molecule has 41 heavy (non-hydrogen) atoms. The molecule has 0 unspecified atom stereocenters. The molecule has 5 heteroatoms. The van der Waals surface area contributed by atoms with Crippen molar-refractivity contribution in [2.24, 2.45) is 0 Å². The summed E-state index contributed by atoms with van der Waals surface area (Å²) in [5.41, 5.74) is 12.2. The molecule has 0 fully saturated rings. The Balaban J connectivity index is 0.000000182. The molecule has 0 saturated heterocycles. The van der Waals surface area contributed by atoms with E-state index in [1.165, 1.54) is 16.7 Å². The van der Waals surface area contributed by atoms with E-state index >= 15 is 0 Å². The molecule has 0 saturated carbocycles. The van der Waals surface area contributed by atoms with E-state index in [1.807, 2.05) is 56.6 Å². The third-order valence-electron chi connectivity index (χ3n) is 7.18. The number of fused-ring (bicyclic) bond motifs is 5. The van der Waals surface area contributed by atoms with Crippen molar-refractivity contribution >= 4 is 32.8 Å². The molecule has 205 valence electrons. The number of furan rings is 1. The van der Waals surface area contributed by atoms with Crippen molar-refractivity contribution in [2.75, 3.05) is 0 Å². The Morgan fingerprint density at radius 1 is 0.659 bits per heavy atom. The van der Waals surface area contributed by atoms with E-state index in [0.717, 1.165) is 66.6 Å². The van der Waals surface area contributed by atoms with Crippen LogP contribution in [0.1, 0.15) is 27.9 Å². The first-order chi connectivity index (χ1) is 19.4. The first kappa shape index (κ1) is 28.4. The van der Waals surface area contributed by atoms with Gasteiger partial charge in [0.1, 0.15) is 11.1 Å². The second kappa shape index (κ2) is 11.7. The molecule has 7 aromatic rings. The zero-order chi connectivity index (χ0) is 27.8. The van der Waals surface area contributed by atoms with Crippen molar-refractivity contribution in [3.63, 3.8) is 0 Å². The van der Waals surface area contributed by atoms with Gasteiger partial charge in [-0.15, -0.1) is 53.6 Å². The topological polar surface area (TPSA) is 51.8 Å². The van der Waals surface area contributed by atoms with Crippen molar-refractivity contribution in [1.82, 2.24) is 15.0 Å². The number of aryl methyl sites for hydroxylation is 5. The van der Waals surface area contributed by atoms with Gasteiger partial charge in [0.15, 0.2) is 0 Å². The Morgan fingerprint density at radius 3 is 2.15 bits per heavy atom. The van der Waals surface area contributed by atoms with Crippen LogP contribution in [0.2, 0.25) is 0 Å². The smallest absolute Gasteiger partial charge is 0.147 e. The number of aromatic nitrogens is 3. The van der Waals surface area contributed by atoms with Crippen molar-refractivity contribution < 1.29 is 24.5 Å². The van der Waals surface area contributed by atoms with Gasteiger partial charge in [0.2, 0.25) is 0 Å². The van der Waals surface area contributed by atoms with E-state index in [-0.39, 0.29) is 20.1 Å². The molecule has 3 aromatic carbocycles. The molecular weight excluding hydrogens is 683 g/mol. The largest absolute Gasteiger partial charge is 0.498 e. The van der Waals surface area contributed by atoms with Gasteiger partial charge in [0.05, 0.1) is 5.58 Å². The summed E-state index contributed by atoms with van der Waals surface area (Å²) < 4.78 is 6.30. The number of pyridine rings is 3. The Hall–Kier alpha value is -4.18. The normalized spacial score (nSPS) is 10.9. The van der Waals surface area contributed by atoms with Crippen LogP contribution in [0.3, 0.4) is 0 Å². The third kappa shape index (κ3) is 5.69. The molecule has 0 spiro atoms. The summed E-state index contributed by atoms with van der Waals surface area (Å²) in [6.45, 7) is 10.3. The van der Waals surface area contributed by atoms with Gasteiger partial charge >= 0.3 is 0 Å². The summed E-state index contributed by atoms with van der Waals surface area (Å²) in [7, 11) is 0. The van der Waals surface area contributed by atoms with E-state index in [4.69, 9.17) is 9.40 Å². The van der Waals surface area contributed by atoms with E-state index < -0.39 is 0 Å². The molecule has 4 heterocycles. The second-order valence-corrected chi connectivity index (χ2v) is 10.3. The Morgan fingerprint density at radius 2 is 1.41 bits per heavy atom. The molecule has 0 aliphatic carbocycles. The summed E-state index contributed by atoms with van der Waals surface area (Å²) in [5, 5.41) is 3.22. The fraction of sp³-hybridized carbons (Fsp3) is 0.139. The average Bonchev–Trinajstić information content (AvgIpc) is 3.35. The van der Waals surface area contributed by atoms with Crippen LogP contribution in [0.5, 0.6) is 0 Å². The minimum Gasteiger partial charge on any atom is -0.498 e. The van der Waals surface area contributed by atoms with Gasteiger partial charge in [-0.25, -0.2) is 4.98 Å². The minimum atomic E-state index is 0.